The SMILES string of the molecule is O=C(Nc1cccc(Cl)c1)Nc1cc2c(s1)COCC2. The first kappa shape index (κ1) is 13.4. The molecule has 1 aromatic carbocycles. The molecule has 1 aromatic heterocycles. The largest absolute Gasteiger partial charge is 0.376 e. The lowest BCUT2D eigenvalue weighted by Crippen LogP contribution is -2.18. The zero-order chi connectivity index (χ0) is 13.9. The van der Waals surface area contributed by atoms with Crippen molar-refractivity contribution in [3.05, 3.63) is 45.8 Å². The second-order valence-corrected chi connectivity index (χ2v) is 6.02. The summed E-state index contributed by atoms with van der Waals surface area (Å²) < 4.78 is 5.39. The molecule has 0 spiro atoms. The first-order valence-electron chi connectivity index (χ1n) is 6.23. The number of urea groups is 1. The predicted molar refractivity (Wildman–Crippen MR) is 81.8 cm³/mol. The van der Waals surface area contributed by atoms with E-state index in [1.807, 2.05) is 6.07 Å². The highest BCUT2D eigenvalue weighted by Crippen LogP contribution is 2.30. The van der Waals surface area contributed by atoms with Gasteiger partial charge < -0.3 is 10.1 Å². The third kappa shape index (κ3) is 3.12. The Balaban J connectivity index is 1.65. The van der Waals surface area contributed by atoms with Gasteiger partial charge >= 0.3 is 6.03 Å². The van der Waals surface area contributed by atoms with Gasteiger partial charge in [-0.1, -0.05) is 17.7 Å². The number of hydrogen-bond acceptors (Lipinski definition) is 3. The number of halogens is 1. The molecule has 0 unspecified atom stereocenters. The number of amides is 2. The van der Waals surface area contributed by atoms with Gasteiger partial charge in [-0.3, -0.25) is 5.32 Å². The van der Waals surface area contributed by atoms with Crippen LogP contribution >= 0.6 is 22.9 Å². The maximum atomic E-state index is 11.9. The van der Waals surface area contributed by atoms with Crippen molar-refractivity contribution in [2.24, 2.45) is 0 Å². The van der Waals surface area contributed by atoms with Crippen molar-refractivity contribution in [3.63, 3.8) is 0 Å². The Morgan fingerprint density at radius 2 is 2.20 bits per heavy atom. The molecule has 104 valence electrons. The predicted octanol–water partition coefficient (Wildman–Crippen LogP) is 4.12. The van der Waals surface area contributed by atoms with E-state index in [-0.39, 0.29) is 6.03 Å². The highest BCUT2D eigenvalue weighted by molar-refractivity contribution is 7.16. The molecule has 2 heterocycles. The fourth-order valence-electron chi connectivity index (χ4n) is 2.05. The summed E-state index contributed by atoms with van der Waals surface area (Å²) >= 11 is 7.43. The lowest BCUT2D eigenvalue weighted by atomic mass is 10.2. The van der Waals surface area contributed by atoms with Crippen molar-refractivity contribution in [2.75, 3.05) is 17.2 Å². The van der Waals surface area contributed by atoms with Crippen molar-refractivity contribution in [1.29, 1.82) is 0 Å². The number of rotatable bonds is 2. The van der Waals surface area contributed by atoms with Crippen LogP contribution in [-0.4, -0.2) is 12.6 Å². The van der Waals surface area contributed by atoms with E-state index in [4.69, 9.17) is 16.3 Å². The third-order valence-electron chi connectivity index (χ3n) is 2.96. The van der Waals surface area contributed by atoms with E-state index in [2.05, 4.69) is 10.6 Å². The lowest BCUT2D eigenvalue weighted by Gasteiger charge is -2.10. The Morgan fingerprint density at radius 1 is 1.30 bits per heavy atom. The van der Waals surface area contributed by atoms with Crippen LogP contribution in [-0.2, 0) is 17.8 Å². The minimum Gasteiger partial charge on any atom is -0.376 e. The summed E-state index contributed by atoms with van der Waals surface area (Å²) in [6, 6.07) is 8.79. The third-order valence-corrected chi connectivity index (χ3v) is 4.27. The Bertz CT molecular complexity index is 618. The van der Waals surface area contributed by atoms with Gasteiger partial charge in [-0.05, 0) is 36.2 Å². The molecule has 2 N–H and O–H groups in total. The average molecular weight is 309 g/mol. The molecule has 20 heavy (non-hydrogen) atoms. The normalized spacial score (nSPS) is 13.7. The molecular formula is C14H13ClN2O2S. The Labute approximate surface area is 125 Å². The number of carbonyl (C=O) groups is 1. The molecule has 2 aromatic rings. The topological polar surface area (TPSA) is 50.4 Å². The van der Waals surface area contributed by atoms with Crippen molar-refractivity contribution in [1.82, 2.24) is 0 Å². The number of thiophene rings is 1. The minimum atomic E-state index is -0.271. The van der Waals surface area contributed by atoms with E-state index in [1.165, 1.54) is 10.4 Å². The van der Waals surface area contributed by atoms with Gasteiger partial charge in [0.1, 0.15) is 0 Å². The van der Waals surface area contributed by atoms with Gasteiger partial charge in [0.05, 0.1) is 18.2 Å². The second kappa shape index (κ2) is 5.83. The molecular weight excluding hydrogens is 296 g/mol. The highest BCUT2D eigenvalue weighted by atomic mass is 35.5. The van der Waals surface area contributed by atoms with E-state index >= 15 is 0 Å². The summed E-state index contributed by atoms with van der Waals surface area (Å²) in [5, 5.41) is 7.01. The Hall–Kier alpha value is -1.56. The van der Waals surface area contributed by atoms with Gasteiger partial charge in [0.15, 0.2) is 0 Å². The van der Waals surface area contributed by atoms with Gasteiger partial charge in [0.25, 0.3) is 0 Å². The highest BCUT2D eigenvalue weighted by Gasteiger charge is 2.14. The molecule has 1 aliphatic rings. The molecule has 0 aliphatic carbocycles. The zero-order valence-corrected chi connectivity index (χ0v) is 12.2. The molecule has 2 amide bonds. The number of fused-ring (bicyclic) bond motifs is 1. The summed E-state index contributed by atoms with van der Waals surface area (Å²) in [5.74, 6) is 0. The molecule has 0 fully saturated rings. The van der Waals surface area contributed by atoms with Crippen LogP contribution in [0.1, 0.15) is 10.4 Å². The molecule has 0 atom stereocenters. The van der Waals surface area contributed by atoms with Crippen molar-refractivity contribution in [2.45, 2.75) is 13.0 Å². The summed E-state index contributed by atoms with van der Waals surface area (Å²) in [5.41, 5.74) is 1.93. The maximum absolute atomic E-state index is 11.9. The minimum absolute atomic E-state index is 0.271. The van der Waals surface area contributed by atoms with Crippen LogP contribution in [0.25, 0.3) is 0 Å². The summed E-state index contributed by atoms with van der Waals surface area (Å²) in [7, 11) is 0. The fraction of sp³-hybridized carbons (Fsp3) is 0.214. The molecule has 0 saturated heterocycles. The van der Waals surface area contributed by atoms with Crippen LogP contribution in [0.15, 0.2) is 30.3 Å². The fourth-order valence-corrected chi connectivity index (χ4v) is 3.28. The number of carbonyl (C=O) groups excluding carboxylic acids is 1. The molecule has 4 nitrogen and oxygen atoms in total. The summed E-state index contributed by atoms with van der Waals surface area (Å²) in [6.07, 6.45) is 0.906. The van der Waals surface area contributed by atoms with Crippen LogP contribution < -0.4 is 10.6 Å². The molecule has 0 radical (unpaired) electrons. The van der Waals surface area contributed by atoms with Crippen molar-refractivity contribution in [3.8, 4) is 0 Å². The smallest absolute Gasteiger partial charge is 0.324 e. The van der Waals surface area contributed by atoms with Gasteiger partial charge in [0.2, 0.25) is 0 Å². The Morgan fingerprint density at radius 3 is 3.00 bits per heavy atom. The number of nitrogens with one attached hydrogen (secondary N) is 2. The van der Waals surface area contributed by atoms with Gasteiger partial charge in [0, 0.05) is 15.6 Å². The molecule has 6 heteroatoms. The maximum Gasteiger partial charge on any atom is 0.324 e. The first-order chi connectivity index (χ1) is 9.70. The van der Waals surface area contributed by atoms with E-state index in [0.29, 0.717) is 17.3 Å². The molecule has 0 bridgehead atoms. The van der Waals surface area contributed by atoms with Crippen LogP contribution in [0.2, 0.25) is 5.02 Å². The first-order valence-corrected chi connectivity index (χ1v) is 7.43. The number of ether oxygens (including phenoxy) is 1. The standard InChI is InChI=1S/C14H13ClN2O2S/c15-10-2-1-3-11(7-10)16-14(18)17-13-6-9-4-5-19-8-12(9)20-13/h1-3,6-7H,4-5,8H2,(H2,16,17,18). The van der Waals surface area contributed by atoms with E-state index in [1.54, 1.807) is 35.6 Å². The molecule has 1 aliphatic heterocycles. The number of hydrogen-bond donors (Lipinski definition) is 2. The molecule has 3 rings (SSSR count). The second-order valence-electron chi connectivity index (χ2n) is 4.45. The monoisotopic (exact) mass is 308 g/mol. The van der Waals surface area contributed by atoms with E-state index < -0.39 is 0 Å². The summed E-state index contributed by atoms with van der Waals surface area (Å²) in [6.45, 7) is 1.38. The lowest BCUT2D eigenvalue weighted by molar-refractivity contribution is 0.113. The van der Waals surface area contributed by atoms with Crippen molar-refractivity contribution >= 4 is 39.7 Å². The van der Waals surface area contributed by atoms with Crippen molar-refractivity contribution < 1.29 is 9.53 Å². The molecule has 0 saturated carbocycles. The van der Waals surface area contributed by atoms with E-state index in [9.17, 15) is 4.79 Å². The van der Waals surface area contributed by atoms with Crippen LogP contribution in [0.5, 0.6) is 0 Å². The number of benzene rings is 1. The van der Waals surface area contributed by atoms with Crippen LogP contribution in [0.4, 0.5) is 15.5 Å². The average Bonchev–Trinajstić information content (AvgIpc) is 2.80. The zero-order valence-electron chi connectivity index (χ0n) is 10.6. The quantitative estimate of drug-likeness (QED) is 0.877. The van der Waals surface area contributed by atoms with Gasteiger partial charge in [-0.15, -0.1) is 11.3 Å². The van der Waals surface area contributed by atoms with Gasteiger partial charge in [-0.2, -0.15) is 0 Å². The number of anilines is 2. The van der Waals surface area contributed by atoms with Crippen LogP contribution in [0.3, 0.4) is 0 Å². The van der Waals surface area contributed by atoms with E-state index in [0.717, 1.165) is 18.0 Å². The van der Waals surface area contributed by atoms with Crippen LogP contribution in [0, 0.1) is 0 Å². The summed E-state index contributed by atoms with van der Waals surface area (Å²) in [4.78, 5) is 13.1. The Kier molecular flexibility index (Phi) is 3.91. The van der Waals surface area contributed by atoms with Gasteiger partial charge in [-0.25, -0.2) is 4.79 Å².